The minimum atomic E-state index is 0.577. The van der Waals surface area contributed by atoms with Crippen LogP contribution in [0, 0.1) is 0 Å². The highest BCUT2D eigenvalue weighted by Crippen LogP contribution is 2.26. The summed E-state index contributed by atoms with van der Waals surface area (Å²) in [5, 5.41) is 6.97. The summed E-state index contributed by atoms with van der Waals surface area (Å²) in [5.41, 5.74) is 1.28. The van der Waals surface area contributed by atoms with Crippen LogP contribution in [0.15, 0.2) is 36.4 Å². The monoisotopic (exact) mass is 425 g/mol. The Labute approximate surface area is 184 Å². The minimum absolute atomic E-state index is 0.577. The van der Waals surface area contributed by atoms with E-state index < -0.39 is 0 Å². The second-order valence-electron chi connectivity index (χ2n) is 7.79. The van der Waals surface area contributed by atoms with Gasteiger partial charge in [0.1, 0.15) is 11.6 Å². The van der Waals surface area contributed by atoms with Gasteiger partial charge in [0.25, 0.3) is 0 Å². The molecule has 0 amide bonds. The van der Waals surface area contributed by atoms with E-state index in [-0.39, 0.29) is 0 Å². The summed E-state index contributed by atoms with van der Waals surface area (Å²) in [5.74, 6) is 2.54. The summed E-state index contributed by atoms with van der Waals surface area (Å²) >= 11 is 5.41. The Balaban J connectivity index is 1.49. The molecule has 0 saturated carbocycles. The van der Waals surface area contributed by atoms with Gasteiger partial charge in [-0.05, 0) is 43.6 Å². The molecule has 0 spiro atoms. The van der Waals surface area contributed by atoms with Gasteiger partial charge in [-0.15, -0.1) is 0 Å². The average molecular weight is 426 g/mol. The molecule has 0 aliphatic carbocycles. The van der Waals surface area contributed by atoms with Gasteiger partial charge in [0, 0.05) is 57.6 Å². The number of thiocarbonyl (C=S) groups is 1. The molecule has 1 aromatic heterocycles. The summed E-state index contributed by atoms with van der Waals surface area (Å²) in [6.45, 7) is 8.89. The maximum atomic E-state index is 5.41. The molecule has 8 heteroatoms. The molecule has 2 N–H and O–H groups in total. The van der Waals surface area contributed by atoms with Crippen molar-refractivity contribution >= 4 is 40.6 Å². The fourth-order valence-corrected chi connectivity index (χ4v) is 4.16. The number of rotatable bonds is 6. The maximum absolute atomic E-state index is 5.41. The van der Waals surface area contributed by atoms with Crippen LogP contribution in [0.2, 0.25) is 0 Å². The van der Waals surface area contributed by atoms with Crippen LogP contribution in [0.4, 0.5) is 23.3 Å². The van der Waals surface area contributed by atoms with Crippen molar-refractivity contribution in [3.05, 3.63) is 36.4 Å². The number of nitrogens with zero attached hydrogens (tertiary/aromatic N) is 5. The minimum Gasteiger partial charge on any atom is -0.368 e. The van der Waals surface area contributed by atoms with Crippen molar-refractivity contribution in [3.63, 3.8) is 0 Å². The highest BCUT2D eigenvalue weighted by molar-refractivity contribution is 7.80. The van der Waals surface area contributed by atoms with Crippen molar-refractivity contribution in [2.75, 3.05) is 65.8 Å². The first kappa shape index (κ1) is 20.7. The van der Waals surface area contributed by atoms with Gasteiger partial charge in [0.15, 0.2) is 5.11 Å². The normalized spacial score (nSPS) is 16.6. The summed E-state index contributed by atoms with van der Waals surface area (Å²) in [7, 11) is 0. The lowest BCUT2D eigenvalue weighted by molar-refractivity contribution is 0.647. The number of benzene rings is 1. The summed E-state index contributed by atoms with van der Waals surface area (Å²) < 4.78 is 0. The molecule has 0 atom stereocenters. The number of hydrogen-bond acceptors (Lipinski definition) is 6. The zero-order valence-electron chi connectivity index (χ0n) is 17.7. The van der Waals surface area contributed by atoms with Gasteiger partial charge in [0.05, 0.1) is 0 Å². The van der Waals surface area contributed by atoms with Crippen LogP contribution in [0.5, 0.6) is 0 Å². The number of aromatic nitrogens is 2. The molecule has 4 rings (SSSR count). The Hall–Kier alpha value is -2.61. The van der Waals surface area contributed by atoms with Gasteiger partial charge in [-0.1, -0.05) is 25.1 Å². The topological polar surface area (TPSA) is 59.6 Å². The molecule has 2 fully saturated rings. The lowest BCUT2D eigenvalue weighted by Gasteiger charge is -2.37. The predicted octanol–water partition coefficient (Wildman–Crippen LogP) is 3.10. The smallest absolute Gasteiger partial charge is 0.232 e. The first-order chi connectivity index (χ1) is 14.7. The van der Waals surface area contributed by atoms with Gasteiger partial charge >= 0.3 is 0 Å². The van der Waals surface area contributed by atoms with Crippen LogP contribution in [0.25, 0.3) is 0 Å². The van der Waals surface area contributed by atoms with Crippen LogP contribution >= 0.6 is 12.2 Å². The lowest BCUT2D eigenvalue weighted by Crippen LogP contribution is -2.47. The van der Waals surface area contributed by atoms with Crippen molar-refractivity contribution in [2.24, 2.45) is 0 Å². The van der Waals surface area contributed by atoms with Gasteiger partial charge in [-0.3, -0.25) is 0 Å². The second-order valence-corrected chi connectivity index (χ2v) is 8.20. The zero-order chi connectivity index (χ0) is 20.8. The fourth-order valence-electron chi connectivity index (χ4n) is 3.96. The van der Waals surface area contributed by atoms with Gasteiger partial charge in [0.2, 0.25) is 5.95 Å². The molecule has 30 heavy (non-hydrogen) atoms. The zero-order valence-corrected chi connectivity index (χ0v) is 18.5. The fraction of sp³-hybridized carbons (Fsp3) is 0.500. The molecule has 0 unspecified atom stereocenters. The van der Waals surface area contributed by atoms with E-state index in [4.69, 9.17) is 22.2 Å². The molecule has 0 radical (unpaired) electrons. The quantitative estimate of drug-likeness (QED) is 0.685. The molecular formula is C22H31N7S. The molecule has 1 aromatic carbocycles. The van der Waals surface area contributed by atoms with Crippen LogP contribution < -0.4 is 25.3 Å². The van der Waals surface area contributed by atoms with Crippen LogP contribution in [-0.2, 0) is 0 Å². The Bertz CT molecular complexity index is 831. The van der Waals surface area contributed by atoms with Gasteiger partial charge in [-0.2, -0.15) is 9.97 Å². The Kier molecular flexibility index (Phi) is 6.84. The third-order valence-corrected chi connectivity index (χ3v) is 5.86. The van der Waals surface area contributed by atoms with E-state index in [0.29, 0.717) is 11.1 Å². The molecule has 2 aliphatic rings. The van der Waals surface area contributed by atoms with Crippen molar-refractivity contribution in [2.45, 2.75) is 26.2 Å². The molecule has 2 aromatic rings. The molecule has 160 valence electrons. The molecule has 0 bridgehead atoms. The predicted molar refractivity (Wildman–Crippen MR) is 129 cm³/mol. The standard InChI is InChI=1S/C22H31N7S/c1-2-10-23-22(30)26-21-24-19(28-11-6-7-12-28)17-20(25-21)29-15-13-27(14-16-29)18-8-4-3-5-9-18/h3-5,8-9,17H,2,6-7,10-16H2,1H3,(H2,23,24,25,26,30). The highest BCUT2D eigenvalue weighted by Gasteiger charge is 2.22. The van der Waals surface area contributed by atoms with E-state index in [0.717, 1.165) is 63.9 Å². The molecule has 3 heterocycles. The third-order valence-electron chi connectivity index (χ3n) is 5.62. The van der Waals surface area contributed by atoms with E-state index in [2.05, 4.69) is 68.7 Å². The summed E-state index contributed by atoms with van der Waals surface area (Å²) in [6.07, 6.45) is 3.45. The van der Waals surface area contributed by atoms with Crippen molar-refractivity contribution in [1.29, 1.82) is 0 Å². The first-order valence-corrected chi connectivity index (χ1v) is 11.4. The summed E-state index contributed by atoms with van der Waals surface area (Å²) in [4.78, 5) is 16.7. The van der Waals surface area contributed by atoms with Crippen LogP contribution in [0.3, 0.4) is 0 Å². The Morgan fingerprint density at radius 3 is 2.13 bits per heavy atom. The van der Waals surface area contributed by atoms with Gasteiger partial charge < -0.3 is 25.3 Å². The number of para-hydroxylation sites is 1. The molecule has 2 aliphatic heterocycles. The number of anilines is 4. The SMILES string of the molecule is CCCNC(=S)Nc1nc(N2CCCC2)cc(N2CCN(c3ccccc3)CC2)n1. The van der Waals surface area contributed by atoms with Crippen LogP contribution in [-0.4, -0.2) is 60.9 Å². The van der Waals surface area contributed by atoms with E-state index in [1.54, 1.807) is 0 Å². The third kappa shape index (κ3) is 5.11. The number of hydrogen-bond donors (Lipinski definition) is 2. The largest absolute Gasteiger partial charge is 0.368 e. The Morgan fingerprint density at radius 2 is 1.50 bits per heavy atom. The van der Waals surface area contributed by atoms with E-state index in [1.165, 1.54) is 18.5 Å². The molecule has 7 nitrogen and oxygen atoms in total. The van der Waals surface area contributed by atoms with Gasteiger partial charge in [-0.25, -0.2) is 0 Å². The Morgan fingerprint density at radius 1 is 0.900 bits per heavy atom. The lowest BCUT2D eigenvalue weighted by atomic mass is 10.2. The van der Waals surface area contributed by atoms with Crippen molar-refractivity contribution in [1.82, 2.24) is 15.3 Å². The van der Waals surface area contributed by atoms with Crippen LogP contribution in [0.1, 0.15) is 26.2 Å². The van der Waals surface area contributed by atoms with E-state index in [9.17, 15) is 0 Å². The van der Waals surface area contributed by atoms with E-state index >= 15 is 0 Å². The maximum Gasteiger partial charge on any atom is 0.232 e. The average Bonchev–Trinajstić information content (AvgIpc) is 3.33. The van der Waals surface area contributed by atoms with Crippen molar-refractivity contribution < 1.29 is 0 Å². The first-order valence-electron chi connectivity index (χ1n) is 11.0. The number of nitrogens with one attached hydrogen (secondary N) is 2. The molecule has 2 saturated heterocycles. The summed E-state index contributed by atoms with van der Waals surface area (Å²) in [6, 6.07) is 12.8. The van der Waals surface area contributed by atoms with E-state index in [1.807, 2.05) is 0 Å². The second kappa shape index (κ2) is 9.93. The highest BCUT2D eigenvalue weighted by atomic mass is 32.1. The number of piperazine rings is 1. The van der Waals surface area contributed by atoms with Crippen molar-refractivity contribution in [3.8, 4) is 0 Å². The molecular weight excluding hydrogens is 394 g/mol.